The molecule has 0 radical (unpaired) electrons. The Labute approximate surface area is 98.8 Å². The minimum absolute atomic E-state index is 0.0926. The average Bonchev–Trinajstić information content (AvgIpc) is 2.68. The minimum atomic E-state index is -0.210. The second kappa shape index (κ2) is 4.53. The Kier molecular flexibility index (Phi) is 3.08. The lowest BCUT2D eigenvalue weighted by molar-refractivity contribution is 0.422. The van der Waals surface area contributed by atoms with Crippen LogP contribution in [0.5, 0.6) is 0 Å². The van der Waals surface area contributed by atoms with Gasteiger partial charge in [-0.1, -0.05) is 17.3 Å². The van der Waals surface area contributed by atoms with E-state index in [0.29, 0.717) is 17.4 Å². The predicted molar refractivity (Wildman–Crippen MR) is 62.2 cm³/mol. The van der Waals surface area contributed by atoms with Gasteiger partial charge in [0, 0.05) is 0 Å². The van der Waals surface area contributed by atoms with Gasteiger partial charge < -0.3 is 9.84 Å². The SMILES string of the molecule is Cc1noc(NC(C)c2ccc(C)c(F)c2)n1. The fraction of sp³-hybridized carbons (Fsp3) is 0.333. The van der Waals surface area contributed by atoms with Crippen molar-refractivity contribution in [3.63, 3.8) is 0 Å². The number of aromatic nitrogens is 2. The molecule has 1 aromatic heterocycles. The van der Waals surface area contributed by atoms with E-state index in [1.54, 1.807) is 19.9 Å². The summed E-state index contributed by atoms with van der Waals surface area (Å²) in [7, 11) is 0. The van der Waals surface area contributed by atoms with Gasteiger partial charge >= 0.3 is 6.01 Å². The summed E-state index contributed by atoms with van der Waals surface area (Å²) in [5.41, 5.74) is 1.47. The Hall–Kier alpha value is -1.91. The van der Waals surface area contributed by atoms with Gasteiger partial charge in [-0.2, -0.15) is 4.98 Å². The van der Waals surface area contributed by atoms with Crippen molar-refractivity contribution >= 4 is 6.01 Å². The number of anilines is 1. The maximum absolute atomic E-state index is 13.4. The Morgan fingerprint density at radius 3 is 2.71 bits per heavy atom. The highest BCUT2D eigenvalue weighted by atomic mass is 19.1. The first-order chi connectivity index (χ1) is 8.06. The molecule has 0 amide bonds. The number of nitrogens with one attached hydrogen (secondary N) is 1. The summed E-state index contributed by atoms with van der Waals surface area (Å²) in [6.45, 7) is 5.38. The minimum Gasteiger partial charge on any atom is -0.331 e. The van der Waals surface area contributed by atoms with Gasteiger partial charge in [0.1, 0.15) is 5.82 Å². The summed E-state index contributed by atoms with van der Waals surface area (Å²) in [4.78, 5) is 4.03. The molecule has 17 heavy (non-hydrogen) atoms. The molecule has 1 N–H and O–H groups in total. The van der Waals surface area contributed by atoms with Crippen LogP contribution in [0.25, 0.3) is 0 Å². The third-order valence-corrected chi connectivity index (χ3v) is 2.56. The summed E-state index contributed by atoms with van der Waals surface area (Å²) >= 11 is 0. The van der Waals surface area contributed by atoms with Crippen LogP contribution in [0.15, 0.2) is 22.7 Å². The monoisotopic (exact) mass is 235 g/mol. The third-order valence-electron chi connectivity index (χ3n) is 2.56. The summed E-state index contributed by atoms with van der Waals surface area (Å²) in [5.74, 6) is 0.354. The number of aryl methyl sites for hydroxylation is 2. The van der Waals surface area contributed by atoms with Gasteiger partial charge in [0.05, 0.1) is 6.04 Å². The molecule has 0 aliphatic heterocycles. The third kappa shape index (κ3) is 2.61. The summed E-state index contributed by atoms with van der Waals surface area (Å²) in [6.07, 6.45) is 0. The lowest BCUT2D eigenvalue weighted by Crippen LogP contribution is -2.07. The highest BCUT2D eigenvalue weighted by molar-refractivity contribution is 5.31. The van der Waals surface area contributed by atoms with Crippen molar-refractivity contribution in [1.29, 1.82) is 0 Å². The van der Waals surface area contributed by atoms with Crippen molar-refractivity contribution in [2.24, 2.45) is 0 Å². The Bertz CT molecular complexity index is 524. The topological polar surface area (TPSA) is 51.0 Å². The predicted octanol–water partition coefficient (Wildman–Crippen LogP) is 3.00. The molecular formula is C12H14FN3O. The van der Waals surface area contributed by atoms with Crippen molar-refractivity contribution in [1.82, 2.24) is 10.1 Å². The number of nitrogens with zero attached hydrogens (tertiary/aromatic N) is 2. The van der Waals surface area contributed by atoms with E-state index in [1.165, 1.54) is 6.07 Å². The molecule has 1 atom stereocenters. The highest BCUT2D eigenvalue weighted by Crippen LogP contribution is 2.20. The first kappa shape index (κ1) is 11.6. The van der Waals surface area contributed by atoms with Gasteiger partial charge in [-0.3, -0.25) is 0 Å². The van der Waals surface area contributed by atoms with Gasteiger partial charge in [0.25, 0.3) is 0 Å². The quantitative estimate of drug-likeness (QED) is 0.888. The van der Waals surface area contributed by atoms with E-state index in [9.17, 15) is 4.39 Å². The summed E-state index contributed by atoms with van der Waals surface area (Å²) < 4.78 is 18.3. The van der Waals surface area contributed by atoms with E-state index < -0.39 is 0 Å². The van der Waals surface area contributed by atoms with Crippen LogP contribution in [0.1, 0.15) is 29.9 Å². The van der Waals surface area contributed by atoms with E-state index in [0.717, 1.165) is 5.56 Å². The highest BCUT2D eigenvalue weighted by Gasteiger charge is 2.10. The smallest absolute Gasteiger partial charge is 0.321 e. The fourth-order valence-corrected chi connectivity index (χ4v) is 1.50. The number of benzene rings is 1. The summed E-state index contributed by atoms with van der Waals surface area (Å²) in [5, 5.41) is 6.69. The van der Waals surface area contributed by atoms with Gasteiger partial charge in [0.2, 0.25) is 0 Å². The Morgan fingerprint density at radius 1 is 1.35 bits per heavy atom. The molecule has 5 heteroatoms. The average molecular weight is 235 g/mol. The molecule has 2 rings (SSSR count). The second-order valence-corrected chi connectivity index (χ2v) is 4.02. The molecule has 0 saturated carbocycles. The standard InChI is InChI=1S/C12H14FN3O/c1-7-4-5-10(6-11(7)13)8(2)14-12-15-9(3)16-17-12/h4-6,8H,1-3H3,(H,14,15,16). The van der Waals surface area contributed by atoms with Gasteiger partial charge in [-0.15, -0.1) is 0 Å². The van der Waals surface area contributed by atoms with Crippen LogP contribution in [-0.4, -0.2) is 10.1 Å². The van der Waals surface area contributed by atoms with E-state index in [1.807, 2.05) is 13.0 Å². The van der Waals surface area contributed by atoms with Crippen LogP contribution in [-0.2, 0) is 0 Å². The molecule has 0 aliphatic rings. The first-order valence-electron chi connectivity index (χ1n) is 5.39. The molecule has 90 valence electrons. The Balaban J connectivity index is 2.14. The lowest BCUT2D eigenvalue weighted by atomic mass is 10.1. The number of halogens is 1. The van der Waals surface area contributed by atoms with Gasteiger partial charge in [0.15, 0.2) is 5.82 Å². The fourth-order valence-electron chi connectivity index (χ4n) is 1.50. The van der Waals surface area contributed by atoms with Crippen molar-refractivity contribution in [3.05, 3.63) is 41.0 Å². The van der Waals surface area contributed by atoms with Crippen LogP contribution in [0.3, 0.4) is 0 Å². The molecular weight excluding hydrogens is 221 g/mol. The lowest BCUT2D eigenvalue weighted by Gasteiger charge is -2.12. The molecule has 1 heterocycles. The normalized spacial score (nSPS) is 12.5. The second-order valence-electron chi connectivity index (χ2n) is 4.02. The zero-order chi connectivity index (χ0) is 12.4. The molecule has 4 nitrogen and oxygen atoms in total. The van der Waals surface area contributed by atoms with Gasteiger partial charge in [-0.25, -0.2) is 4.39 Å². The maximum atomic E-state index is 13.4. The molecule has 1 aromatic carbocycles. The largest absolute Gasteiger partial charge is 0.331 e. The molecule has 0 bridgehead atoms. The molecule has 1 unspecified atom stereocenters. The van der Waals surface area contributed by atoms with Gasteiger partial charge in [-0.05, 0) is 38.0 Å². The molecule has 2 aromatic rings. The number of rotatable bonds is 3. The van der Waals surface area contributed by atoms with Crippen LogP contribution in [0.2, 0.25) is 0 Å². The van der Waals surface area contributed by atoms with E-state index in [4.69, 9.17) is 4.52 Å². The van der Waals surface area contributed by atoms with Crippen LogP contribution in [0.4, 0.5) is 10.4 Å². The molecule has 0 saturated heterocycles. The van der Waals surface area contributed by atoms with E-state index in [-0.39, 0.29) is 11.9 Å². The van der Waals surface area contributed by atoms with E-state index in [2.05, 4.69) is 15.5 Å². The van der Waals surface area contributed by atoms with Crippen molar-refractivity contribution in [2.75, 3.05) is 5.32 Å². The van der Waals surface area contributed by atoms with Crippen molar-refractivity contribution in [2.45, 2.75) is 26.8 Å². The molecule has 0 aliphatic carbocycles. The maximum Gasteiger partial charge on any atom is 0.321 e. The molecule has 0 fully saturated rings. The zero-order valence-corrected chi connectivity index (χ0v) is 9.99. The zero-order valence-electron chi connectivity index (χ0n) is 9.99. The number of hydrogen-bond acceptors (Lipinski definition) is 4. The summed E-state index contributed by atoms with van der Waals surface area (Å²) in [6, 6.07) is 5.39. The molecule has 0 spiro atoms. The van der Waals surface area contributed by atoms with E-state index >= 15 is 0 Å². The Morgan fingerprint density at radius 2 is 2.12 bits per heavy atom. The van der Waals surface area contributed by atoms with Crippen LogP contribution < -0.4 is 5.32 Å². The van der Waals surface area contributed by atoms with Crippen LogP contribution in [0, 0.1) is 19.7 Å². The number of hydrogen-bond donors (Lipinski definition) is 1. The van der Waals surface area contributed by atoms with Crippen LogP contribution >= 0.6 is 0 Å². The van der Waals surface area contributed by atoms with Crippen molar-refractivity contribution in [3.8, 4) is 0 Å². The first-order valence-corrected chi connectivity index (χ1v) is 5.39. The van der Waals surface area contributed by atoms with Crippen molar-refractivity contribution < 1.29 is 8.91 Å².